The average molecular weight is 263 g/mol. The Labute approximate surface area is 116 Å². The minimum Gasteiger partial charge on any atom is -0.478 e. The molecule has 0 aliphatic carbocycles. The molecule has 0 radical (unpaired) electrons. The fraction of sp³-hybridized carbons (Fsp3) is 0.0588. The third-order valence-corrected chi connectivity index (χ3v) is 3.34. The Bertz CT molecular complexity index is 795. The summed E-state index contributed by atoms with van der Waals surface area (Å²) in [4.78, 5) is 16.1. The van der Waals surface area contributed by atoms with Gasteiger partial charge in [-0.3, -0.25) is 0 Å². The lowest BCUT2D eigenvalue weighted by Crippen LogP contribution is -2.01. The van der Waals surface area contributed by atoms with E-state index in [1.165, 1.54) is 0 Å². The smallest absolute Gasteiger partial charge is 0.336 e. The molecular formula is C17H13NO2. The zero-order chi connectivity index (χ0) is 14.1. The van der Waals surface area contributed by atoms with Crippen LogP contribution in [0.5, 0.6) is 0 Å². The van der Waals surface area contributed by atoms with E-state index < -0.39 is 5.97 Å². The normalized spacial score (nSPS) is 10.7. The lowest BCUT2D eigenvalue weighted by atomic mass is 10.0. The van der Waals surface area contributed by atoms with Crippen LogP contribution >= 0.6 is 0 Å². The standard InChI is InChI=1S/C17H13NO2/c1-11-6-5-9-14-16(11)13(17(19)20)10-15(18-14)12-7-3-2-4-8-12/h2-10H,1H3,(H,19,20). The third kappa shape index (κ3) is 2.03. The van der Waals surface area contributed by atoms with Gasteiger partial charge in [0.2, 0.25) is 0 Å². The first-order chi connectivity index (χ1) is 9.66. The molecule has 0 saturated heterocycles. The van der Waals surface area contributed by atoms with Gasteiger partial charge in [-0.25, -0.2) is 9.78 Å². The van der Waals surface area contributed by atoms with Gasteiger partial charge in [0.05, 0.1) is 16.8 Å². The number of fused-ring (bicyclic) bond motifs is 1. The van der Waals surface area contributed by atoms with E-state index in [-0.39, 0.29) is 0 Å². The summed E-state index contributed by atoms with van der Waals surface area (Å²) >= 11 is 0. The molecule has 3 nitrogen and oxygen atoms in total. The van der Waals surface area contributed by atoms with Gasteiger partial charge in [-0.1, -0.05) is 42.5 Å². The van der Waals surface area contributed by atoms with Crippen LogP contribution < -0.4 is 0 Å². The average Bonchev–Trinajstić information content (AvgIpc) is 2.47. The van der Waals surface area contributed by atoms with Crippen molar-refractivity contribution in [3.05, 3.63) is 65.7 Å². The molecule has 1 N–H and O–H groups in total. The minimum atomic E-state index is -0.927. The highest BCUT2D eigenvalue weighted by Gasteiger charge is 2.14. The highest BCUT2D eigenvalue weighted by atomic mass is 16.4. The first-order valence-electron chi connectivity index (χ1n) is 6.36. The van der Waals surface area contributed by atoms with Crippen LogP contribution in [-0.2, 0) is 0 Å². The molecule has 0 fully saturated rings. The highest BCUT2D eigenvalue weighted by molar-refractivity contribution is 6.05. The van der Waals surface area contributed by atoms with Crippen molar-refractivity contribution in [1.82, 2.24) is 4.98 Å². The summed E-state index contributed by atoms with van der Waals surface area (Å²) in [5.41, 5.74) is 3.53. The first-order valence-corrected chi connectivity index (χ1v) is 6.36. The van der Waals surface area contributed by atoms with Crippen LogP contribution in [0.3, 0.4) is 0 Å². The molecule has 1 heterocycles. The molecule has 3 heteroatoms. The maximum Gasteiger partial charge on any atom is 0.336 e. The van der Waals surface area contributed by atoms with Crippen LogP contribution in [0.2, 0.25) is 0 Å². The van der Waals surface area contributed by atoms with Gasteiger partial charge in [-0.15, -0.1) is 0 Å². The molecule has 0 atom stereocenters. The Morgan fingerprint density at radius 1 is 1.05 bits per heavy atom. The number of benzene rings is 2. The zero-order valence-corrected chi connectivity index (χ0v) is 11.0. The topological polar surface area (TPSA) is 50.2 Å². The number of pyridine rings is 1. The number of nitrogens with zero attached hydrogens (tertiary/aromatic N) is 1. The molecule has 98 valence electrons. The van der Waals surface area contributed by atoms with Crippen LogP contribution in [0.4, 0.5) is 0 Å². The van der Waals surface area contributed by atoms with Gasteiger partial charge < -0.3 is 5.11 Å². The van der Waals surface area contributed by atoms with E-state index in [1.807, 2.05) is 55.5 Å². The van der Waals surface area contributed by atoms with Gasteiger partial charge in [0.25, 0.3) is 0 Å². The molecule has 0 unspecified atom stereocenters. The van der Waals surface area contributed by atoms with Crippen molar-refractivity contribution in [2.45, 2.75) is 6.92 Å². The summed E-state index contributed by atoms with van der Waals surface area (Å²) in [6, 6.07) is 16.9. The largest absolute Gasteiger partial charge is 0.478 e. The Morgan fingerprint density at radius 2 is 1.80 bits per heavy atom. The maximum atomic E-state index is 11.5. The van der Waals surface area contributed by atoms with Crippen LogP contribution in [0, 0.1) is 6.92 Å². The Morgan fingerprint density at radius 3 is 2.50 bits per heavy atom. The molecule has 0 aliphatic heterocycles. The van der Waals surface area contributed by atoms with Crippen molar-refractivity contribution in [3.63, 3.8) is 0 Å². The number of aromatic nitrogens is 1. The summed E-state index contributed by atoms with van der Waals surface area (Å²) in [5, 5.41) is 10.2. The summed E-state index contributed by atoms with van der Waals surface area (Å²) in [7, 11) is 0. The Hall–Kier alpha value is -2.68. The fourth-order valence-corrected chi connectivity index (χ4v) is 2.39. The lowest BCUT2D eigenvalue weighted by Gasteiger charge is -2.09. The van der Waals surface area contributed by atoms with E-state index >= 15 is 0 Å². The Balaban J connectivity index is 2.35. The van der Waals surface area contributed by atoms with Gasteiger partial charge in [-0.2, -0.15) is 0 Å². The summed E-state index contributed by atoms with van der Waals surface area (Å²) in [5.74, 6) is -0.927. The summed E-state index contributed by atoms with van der Waals surface area (Å²) in [6.07, 6.45) is 0. The van der Waals surface area contributed by atoms with Crippen molar-refractivity contribution in [2.75, 3.05) is 0 Å². The number of carbonyl (C=O) groups is 1. The van der Waals surface area contributed by atoms with Crippen LogP contribution in [0.1, 0.15) is 15.9 Å². The van der Waals surface area contributed by atoms with Crippen molar-refractivity contribution in [2.24, 2.45) is 0 Å². The van der Waals surface area contributed by atoms with Gasteiger partial charge in [-0.05, 0) is 24.6 Å². The molecule has 20 heavy (non-hydrogen) atoms. The molecular weight excluding hydrogens is 250 g/mol. The monoisotopic (exact) mass is 263 g/mol. The van der Waals surface area contributed by atoms with E-state index in [2.05, 4.69) is 4.98 Å². The highest BCUT2D eigenvalue weighted by Crippen LogP contribution is 2.26. The molecule has 0 saturated carbocycles. The third-order valence-electron chi connectivity index (χ3n) is 3.34. The van der Waals surface area contributed by atoms with E-state index in [0.717, 1.165) is 11.1 Å². The number of carboxylic acid groups (broad SMARTS) is 1. The van der Waals surface area contributed by atoms with Crippen LogP contribution in [0.15, 0.2) is 54.6 Å². The molecule has 2 aromatic carbocycles. The van der Waals surface area contributed by atoms with Gasteiger partial charge in [0.15, 0.2) is 0 Å². The number of aryl methyl sites for hydroxylation is 1. The molecule has 1 aromatic heterocycles. The van der Waals surface area contributed by atoms with Crippen molar-refractivity contribution >= 4 is 16.9 Å². The summed E-state index contributed by atoms with van der Waals surface area (Å²) < 4.78 is 0. The predicted molar refractivity (Wildman–Crippen MR) is 78.9 cm³/mol. The van der Waals surface area contributed by atoms with Gasteiger partial charge in [0.1, 0.15) is 0 Å². The van der Waals surface area contributed by atoms with E-state index in [1.54, 1.807) is 6.07 Å². The van der Waals surface area contributed by atoms with E-state index in [0.29, 0.717) is 22.2 Å². The second kappa shape index (κ2) is 4.78. The van der Waals surface area contributed by atoms with Crippen molar-refractivity contribution < 1.29 is 9.90 Å². The predicted octanol–water partition coefficient (Wildman–Crippen LogP) is 3.91. The Kier molecular flexibility index (Phi) is 2.95. The number of rotatable bonds is 2. The zero-order valence-electron chi connectivity index (χ0n) is 11.0. The minimum absolute atomic E-state index is 0.298. The molecule has 3 rings (SSSR count). The molecule has 0 spiro atoms. The second-order valence-electron chi connectivity index (χ2n) is 4.70. The van der Waals surface area contributed by atoms with E-state index in [4.69, 9.17) is 0 Å². The quantitative estimate of drug-likeness (QED) is 0.762. The van der Waals surface area contributed by atoms with E-state index in [9.17, 15) is 9.90 Å². The molecule has 0 amide bonds. The van der Waals surface area contributed by atoms with Crippen molar-refractivity contribution in [3.8, 4) is 11.3 Å². The van der Waals surface area contributed by atoms with Gasteiger partial charge in [0, 0.05) is 10.9 Å². The first kappa shape index (κ1) is 12.4. The van der Waals surface area contributed by atoms with Gasteiger partial charge >= 0.3 is 5.97 Å². The number of carboxylic acids is 1. The SMILES string of the molecule is Cc1cccc2nc(-c3ccccc3)cc(C(=O)O)c12. The fourth-order valence-electron chi connectivity index (χ4n) is 2.39. The summed E-state index contributed by atoms with van der Waals surface area (Å²) in [6.45, 7) is 1.90. The lowest BCUT2D eigenvalue weighted by molar-refractivity contribution is 0.0699. The van der Waals surface area contributed by atoms with Crippen LogP contribution in [0.25, 0.3) is 22.2 Å². The second-order valence-corrected chi connectivity index (χ2v) is 4.70. The molecule has 3 aromatic rings. The molecule has 0 aliphatic rings. The number of hydrogen-bond acceptors (Lipinski definition) is 2. The van der Waals surface area contributed by atoms with Crippen LogP contribution in [-0.4, -0.2) is 16.1 Å². The number of aromatic carboxylic acids is 1. The number of hydrogen-bond donors (Lipinski definition) is 1. The maximum absolute atomic E-state index is 11.5. The van der Waals surface area contributed by atoms with Crippen molar-refractivity contribution in [1.29, 1.82) is 0 Å². The molecule has 0 bridgehead atoms.